The fourth-order valence-electron chi connectivity index (χ4n) is 3.64. The summed E-state index contributed by atoms with van der Waals surface area (Å²) in [4.78, 5) is 27.1. The molecule has 3 fully saturated rings. The smallest absolute Gasteiger partial charge is 0.308 e. The standard InChI is InChI=1S/C12H18N2O3/c15-11-6-8(12(16)17)7-14(11)10-3-5-13-4-1-2-9(10)13/h8-10H,1-7H2,(H,16,17). The molecule has 3 aliphatic heterocycles. The number of fused-ring (bicyclic) bond motifs is 1. The van der Waals surface area contributed by atoms with Crippen molar-refractivity contribution in [2.75, 3.05) is 19.6 Å². The predicted octanol–water partition coefficient (Wildman–Crippen LogP) is 0.156. The third kappa shape index (κ3) is 1.73. The van der Waals surface area contributed by atoms with E-state index in [4.69, 9.17) is 5.11 Å². The fourth-order valence-corrected chi connectivity index (χ4v) is 3.64. The number of carbonyl (C=O) groups is 2. The van der Waals surface area contributed by atoms with Crippen LogP contribution in [0.5, 0.6) is 0 Å². The van der Waals surface area contributed by atoms with Crippen molar-refractivity contribution in [1.82, 2.24) is 9.80 Å². The zero-order chi connectivity index (χ0) is 12.0. The second-order valence-electron chi connectivity index (χ2n) is 5.39. The highest BCUT2D eigenvalue weighted by atomic mass is 16.4. The molecule has 3 rings (SSSR count). The maximum Gasteiger partial charge on any atom is 0.308 e. The van der Waals surface area contributed by atoms with E-state index in [2.05, 4.69) is 4.90 Å². The summed E-state index contributed by atoms with van der Waals surface area (Å²) >= 11 is 0. The molecule has 5 nitrogen and oxygen atoms in total. The Balaban J connectivity index is 1.72. The number of rotatable bonds is 2. The molecule has 0 aromatic heterocycles. The number of carbonyl (C=O) groups excluding carboxylic acids is 1. The molecule has 94 valence electrons. The van der Waals surface area contributed by atoms with Gasteiger partial charge < -0.3 is 10.0 Å². The number of nitrogens with zero attached hydrogens (tertiary/aromatic N) is 2. The maximum absolute atomic E-state index is 11.9. The fraction of sp³-hybridized carbons (Fsp3) is 0.833. The monoisotopic (exact) mass is 238 g/mol. The summed E-state index contributed by atoms with van der Waals surface area (Å²) in [5, 5.41) is 8.99. The predicted molar refractivity (Wildman–Crippen MR) is 60.5 cm³/mol. The van der Waals surface area contributed by atoms with Crippen LogP contribution >= 0.6 is 0 Å². The van der Waals surface area contributed by atoms with Gasteiger partial charge in [-0.25, -0.2) is 0 Å². The number of aliphatic carboxylic acids is 1. The lowest BCUT2D eigenvalue weighted by Gasteiger charge is -2.29. The van der Waals surface area contributed by atoms with Gasteiger partial charge in [0.1, 0.15) is 0 Å². The Hall–Kier alpha value is -1.10. The molecule has 3 atom stereocenters. The molecule has 0 radical (unpaired) electrons. The van der Waals surface area contributed by atoms with Gasteiger partial charge in [0.15, 0.2) is 0 Å². The first-order chi connectivity index (χ1) is 8.16. The third-order valence-electron chi connectivity index (χ3n) is 4.48. The van der Waals surface area contributed by atoms with Crippen LogP contribution in [0.1, 0.15) is 25.7 Å². The molecule has 17 heavy (non-hydrogen) atoms. The lowest BCUT2D eigenvalue weighted by Crippen LogP contribution is -2.43. The SMILES string of the molecule is O=C(O)C1CC(=O)N(C2CCN3CCCC23)C1. The molecule has 3 unspecified atom stereocenters. The van der Waals surface area contributed by atoms with Gasteiger partial charge in [0.2, 0.25) is 5.91 Å². The number of hydrogen-bond acceptors (Lipinski definition) is 3. The third-order valence-corrected chi connectivity index (χ3v) is 4.48. The lowest BCUT2D eigenvalue weighted by molar-refractivity contribution is -0.141. The number of likely N-dealkylation sites (tertiary alicyclic amines) is 1. The van der Waals surface area contributed by atoms with Gasteiger partial charge in [-0.3, -0.25) is 14.5 Å². The van der Waals surface area contributed by atoms with Crippen molar-refractivity contribution in [3.05, 3.63) is 0 Å². The minimum absolute atomic E-state index is 0.0381. The van der Waals surface area contributed by atoms with Gasteiger partial charge in [-0.15, -0.1) is 0 Å². The van der Waals surface area contributed by atoms with Crippen molar-refractivity contribution in [2.45, 2.75) is 37.8 Å². The summed E-state index contributed by atoms with van der Waals surface area (Å²) in [7, 11) is 0. The summed E-state index contributed by atoms with van der Waals surface area (Å²) in [6.45, 7) is 2.63. The summed E-state index contributed by atoms with van der Waals surface area (Å²) in [6, 6.07) is 0.765. The van der Waals surface area contributed by atoms with E-state index in [1.807, 2.05) is 4.90 Å². The molecular weight excluding hydrogens is 220 g/mol. The van der Waals surface area contributed by atoms with Gasteiger partial charge in [0.25, 0.3) is 0 Å². The first kappa shape index (κ1) is 11.0. The Morgan fingerprint density at radius 3 is 2.76 bits per heavy atom. The van der Waals surface area contributed by atoms with Crippen LogP contribution in [0.25, 0.3) is 0 Å². The zero-order valence-corrected chi connectivity index (χ0v) is 9.84. The van der Waals surface area contributed by atoms with Crippen molar-refractivity contribution in [3.63, 3.8) is 0 Å². The van der Waals surface area contributed by atoms with Gasteiger partial charge in [0.05, 0.1) is 5.92 Å². The summed E-state index contributed by atoms with van der Waals surface area (Å²) < 4.78 is 0. The molecule has 0 aliphatic carbocycles. The van der Waals surface area contributed by atoms with E-state index < -0.39 is 11.9 Å². The van der Waals surface area contributed by atoms with Crippen LogP contribution < -0.4 is 0 Å². The summed E-state index contributed by atoms with van der Waals surface area (Å²) in [6.07, 6.45) is 3.58. The highest BCUT2D eigenvalue weighted by Crippen LogP contribution is 2.34. The Bertz CT molecular complexity index is 358. The molecule has 3 heterocycles. The van der Waals surface area contributed by atoms with Crippen LogP contribution in [0.4, 0.5) is 0 Å². The van der Waals surface area contributed by atoms with E-state index in [-0.39, 0.29) is 18.4 Å². The van der Waals surface area contributed by atoms with Gasteiger partial charge in [0, 0.05) is 31.6 Å². The molecule has 0 aromatic carbocycles. The minimum Gasteiger partial charge on any atom is -0.481 e. The molecule has 3 saturated heterocycles. The van der Waals surface area contributed by atoms with Gasteiger partial charge >= 0.3 is 5.97 Å². The molecule has 5 heteroatoms. The lowest BCUT2D eigenvalue weighted by atomic mass is 10.1. The molecule has 1 N–H and O–H groups in total. The number of carboxylic acid groups (broad SMARTS) is 1. The second-order valence-corrected chi connectivity index (χ2v) is 5.39. The highest BCUT2D eigenvalue weighted by molar-refractivity contribution is 5.86. The van der Waals surface area contributed by atoms with Crippen molar-refractivity contribution in [3.8, 4) is 0 Å². The van der Waals surface area contributed by atoms with Gasteiger partial charge in [-0.1, -0.05) is 0 Å². The zero-order valence-electron chi connectivity index (χ0n) is 9.84. The van der Waals surface area contributed by atoms with Crippen molar-refractivity contribution in [1.29, 1.82) is 0 Å². The molecule has 0 spiro atoms. The molecule has 0 saturated carbocycles. The Morgan fingerprint density at radius 2 is 2.06 bits per heavy atom. The van der Waals surface area contributed by atoms with Crippen LogP contribution in [0.15, 0.2) is 0 Å². The normalized spacial score (nSPS) is 37.8. The Morgan fingerprint density at radius 1 is 1.24 bits per heavy atom. The topological polar surface area (TPSA) is 60.9 Å². The van der Waals surface area contributed by atoms with E-state index in [1.165, 1.54) is 6.42 Å². The molecule has 0 bridgehead atoms. The van der Waals surface area contributed by atoms with Crippen LogP contribution in [-0.4, -0.2) is 58.5 Å². The summed E-state index contributed by atoms with van der Waals surface area (Å²) in [5.74, 6) is -1.28. The van der Waals surface area contributed by atoms with Gasteiger partial charge in [-0.05, 0) is 25.8 Å². The quantitative estimate of drug-likeness (QED) is 0.744. The molecule has 1 amide bonds. The first-order valence-electron chi connectivity index (χ1n) is 6.43. The van der Waals surface area contributed by atoms with E-state index in [0.29, 0.717) is 12.6 Å². The molecule has 3 aliphatic rings. The van der Waals surface area contributed by atoms with Crippen molar-refractivity contribution < 1.29 is 14.7 Å². The van der Waals surface area contributed by atoms with Crippen LogP contribution in [0.3, 0.4) is 0 Å². The summed E-state index contributed by atoms with van der Waals surface area (Å²) in [5.41, 5.74) is 0. The average molecular weight is 238 g/mol. The average Bonchev–Trinajstić information content (AvgIpc) is 2.91. The second kappa shape index (κ2) is 3.98. The van der Waals surface area contributed by atoms with E-state index in [1.54, 1.807) is 0 Å². The van der Waals surface area contributed by atoms with Crippen LogP contribution in [-0.2, 0) is 9.59 Å². The minimum atomic E-state index is -0.831. The Kier molecular flexibility index (Phi) is 2.58. The van der Waals surface area contributed by atoms with Crippen molar-refractivity contribution in [2.24, 2.45) is 5.92 Å². The first-order valence-corrected chi connectivity index (χ1v) is 6.43. The number of amides is 1. The Labute approximate surface area is 100 Å². The van der Waals surface area contributed by atoms with Crippen LogP contribution in [0, 0.1) is 5.92 Å². The maximum atomic E-state index is 11.9. The molecular formula is C12H18N2O3. The largest absolute Gasteiger partial charge is 0.481 e. The van der Waals surface area contributed by atoms with E-state index in [9.17, 15) is 9.59 Å². The van der Waals surface area contributed by atoms with Crippen molar-refractivity contribution >= 4 is 11.9 Å². The number of hydrogen-bond donors (Lipinski definition) is 1. The highest BCUT2D eigenvalue weighted by Gasteiger charge is 2.45. The molecule has 0 aromatic rings. The van der Waals surface area contributed by atoms with Crippen LogP contribution in [0.2, 0.25) is 0 Å². The van der Waals surface area contributed by atoms with Gasteiger partial charge in [-0.2, -0.15) is 0 Å². The number of carboxylic acids is 1. The van der Waals surface area contributed by atoms with E-state index in [0.717, 1.165) is 25.9 Å². The van der Waals surface area contributed by atoms with E-state index >= 15 is 0 Å².